The van der Waals surface area contributed by atoms with Crippen LogP contribution in [0.1, 0.15) is 11.0 Å². The summed E-state index contributed by atoms with van der Waals surface area (Å²) in [4.78, 5) is 0. The molecule has 1 rings (SSSR count). The number of ether oxygens (including phenoxy) is 3. The zero-order chi connectivity index (χ0) is 13.9. The van der Waals surface area contributed by atoms with Crippen molar-refractivity contribution in [2.24, 2.45) is 0 Å². The second-order valence-electron chi connectivity index (χ2n) is 3.32. The number of benzene rings is 1. The van der Waals surface area contributed by atoms with E-state index in [2.05, 4.69) is 0 Å². The molecule has 102 valence electrons. The van der Waals surface area contributed by atoms with Gasteiger partial charge in [0.05, 0.1) is 21.3 Å². The Morgan fingerprint density at radius 2 is 1.44 bits per heavy atom. The minimum absolute atomic E-state index is 0.0535. The van der Waals surface area contributed by atoms with E-state index in [-0.39, 0.29) is 17.1 Å². The second kappa shape index (κ2) is 5.42. The minimum atomic E-state index is -4.65. The average molecular weight is 278 g/mol. The first-order valence-corrected chi connectivity index (χ1v) is 6.29. The van der Waals surface area contributed by atoms with Crippen LogP contribution in [-0.4, -0.2) is 39.4 Å². The Morgan fingerprint density at radius 1 is 1.00 bits per heavy atom. The van der Waals surface area contributed by atoms with Crippen molar-refractivity contribution in [3.63, 3.8) is 0 Å². The van der Waals surface area contributed by atoms with Gasteiger partial charge < -0.3 is 19.3 Å². The van der Waals surface area contributed by atoms with Crippen molar-refractivity contribution in [2.75, 3.05) is 21.3 Å². The largest absolute Gasteiger partial charge is 0.496 e. The molecule has 0 fully saturated rings. The van der Waals surface area contributed by atoms with Crippen molar-refractivity contribution in [1.29, 1.82) is 0 Å². The molecule has 1 unspecified atom stereocenters. The maximum Gasteiger partial charge on any atom is 0.296 e. The minimum Gasteiger partial charge on any atom is -0.496 e. The number of hydrogen-bond donors (Lipinski definition) is 2. The average Bonchev–Trinajstić information content (AvgIpc) is 2.34. The Hall–Kier alpha value is -1.51. The lowest BCUT2D eigenvalue weighted by atomic mass is 10.2. The molecule has 0 heterocycles. The first-order chi connectivity index (χ1) is 8.35. The predicted octanol–water partition coefficient (Wildman–Crippen LogP) is 0.591. The van der Waals surface area contributed by atoms with Crippen LogP contribution in [0.3, 0.4) is 0 Å². The van der Waals surface area contributed by atoms with Crippen LogP contribution in [0.15, 0.2) is 12.1 Å². The molecule has 0 bridgehead atoms. The molecule has 0 aromatic heterocycles. The van der Waals surface area contributed by atoms with Gasteiger partial charge in [0.2, 0.25) is 5.44 Å². The van der Waals surface area contributed by atoms with E-state index in [9.17, 15) is 13.5 Å². The normalized spacial score (nSPS) is 12.9. The number of hydrogen-bond acceptors (Lipinski definition) is 6. The highest BCUT2D eigenvalue weighted by Crippen LogP contribution is 2.38. The molecule has 8 heteroatoms. The number of aliphatic hydroxyl groups is 1. The third kappa shape index (κ3) is 2.84. The zero-order valence-corrected chi connectivity index (χ0v) is 10.9. The second-order valence-corrected chi connectivity index (χ2v) is 4.79. The van der Waals surface area contributed by atoms with Crippen LogP contribution >= 0.6 is 0 Å². The van der Waals surface area contributed by atoms with E-state index < -0.39 is 15.6 Å². The summed E-state index contributed by atoms with van der Waals surface area (Å²) in [6.45, 7) is 0. The van der Waals surface area contributed by atoms with Crippen molar-refractivity contribution >= 4 is 10.1 Å². The summed E-state index contributed by atoms with van der Waals surface area (Å²) in [7, 11) is -0.607. The highest BCUT2D eigenvalue weighted by molar-refractivity contribution is 7.85. The molecule has 0 aliphatic rings. The van der Waals surface area contributed by atoms with E-state index in [1.807, 2.05) is 0 Å². The van der Waals surface area contributed by atoms with E-state index >= 15 is 0 Å². The summed E-state index contributed by atoms with van der Waals surface area (Å²) < 4.78 is 45.6. The molecular formula is C10H14O7S. The van der Waals surface area contributed by atoms with E-state index in [4.69, 9.17) is 18.8 Å². The van der Waals surface area contributed by atoms with Crippen LogP contribution < -0.4 is 14.2 Å². The monoisotopic (exact) mass is 278 g/mol. The van der Waals surface area contributed by atoms with Crippen LogP contribution in [0.2, 0.25) is 0 Å². The summed E-state index contributed by atoms with van der Waals surface area (Å²) in [5.41, 5.74) is -2.26. The summed E-state index contributed by atoms with van der Waals surface area (Å²) in [5, 5.41) is 9.54. The predicted molar refractivity (Wildman–Crippen MR) is 62.6 cm³/mol. The van der Waals surface area contributed by atoms with E-state index in [0.717, 1.165) is 0 Å². The molecule has 0 aliphatic carbocycles. The van der Waals surface area contributed by atoms with Gasteiger partial charge in [-0.05, 0) is 6.07 Å². The van der Waals surface area contributed by atoms with Crippen molar-refractivity contribution in [2.45, 2.75) is 5.44 Å². The fourth-order valence-electron chi connectivity index (χ4n) is 1.41. The van der Waals surface area contributed by atoms with Crippen molar-refractivity contribution in [3.05, 3.63) is 17.7 Å². The fraction of sp³-hybridized carbons (Fsp3) is 0.400. The molecule has 0 saturated heterocycles. The van der Waals surface area contributed by atoms with Gasteiger partial charge >= 0.3 is 0 Å². The summed E-state index contributed by atoms with van der Waals surface area (Å²) in [6, 6.07) is 2.57. The van der Waals surface area contributed by atoms with Crippen molar-refractivity contribution < 1.29 is 32.3 Å². The summed E-state index contributed by atoms with van der Waals surface area (Å²) >= 11 is 0. The van der Waals surface area contributed by atoms with Gasteiger partial charge in [0.1, 0.15) is 5.75 Å². The summed E-state index contributed by atoms with van der Waals surface area (Å²) in [5.74, 6) is 0.564. The quantitative estimate of drug-likeness (QED) is 0.760. The van der Waals surface area contributed by atoms with E-state index in [1.165, 1.54) is 33.5 Å². The van der Waals surface area contributed by atoms with Gasteiger partial charge in [-0.3, -0.25) is 4.55 Å². The molecule has 0 saturated carbocycles. The van der Waals surface area contributed by atoms with Crippen LogP contribution in [-0.2, 0) is 10.1 Å². The molecule has 2 N–H and O–H groups in total. The van der Waals surface area contributed by atoms with Crippen LogP contribution in [0, 0.1) is 0 Å². The molecule has 1 aromatic carbocycles. The Kier molecular flexibility index (Phi) is 4.38. The highest BCUT2D eigenvalue weighted by atomic mass is 32.2. The topological polar surface area (TPSA) is 102 Å². The molecule has 1 aromatic rings. The molecule has 0 aliphatic heterocycles. The van der Waals surface area contributed by atoms with Crippen LogP contribution in [0.5, 0.6) is 17.2 Å². The molecule has 1 atom stereocenters. The Bertz CT molecular complexity index is 523. The number of methoxy groups -OCH3 is 3. The standard InChI is InChI=1S/C10H14O7S/c1-15-7-5-9(17-3)8(16-2)4-6(7)10(11)18(12,13)14/h4-5,10-11H,1-3H3,(H,12,13,14). The lowest BCUT2D eigenvalue weighted by Crippen LogP contribution is -2.12. The van der Waals surface area contributed by atoms with Crippen LogP contribution in [0.4, 0.5) is 0 Å². The van der Waals surface area contributed by atoms with Crippen molar-refractivity contribution in [1.82, 2.24) is 0 Å². The molecule has 0 amide bonds. The zero-order valence-electron chi connectivity index (χ0n) is 10.1. The lowest BCUT2D eigenvalue weighted by Gasteiger charge is -2.16. The molecule has 0 spiro atoms. The van der Waals surface area contributed by atoms with Crippen molar-refractivity contribution in [3.8, 4) is 17.2 Å². The molecule has 7 nitrogen and oxygen atoms in total. The van der Waals surface area contributed by atoms with E-state index in [1.54, 1.807) is 0 Å². The molecule has 18 heavy (non-hydrogen) atoms. The summed E-state index contributed by atoms with van der Waals surface area (Å²) in [6.07, 6.45) is 0. The SMILES string of the molecule is COc1cc(OC)c(C(O)S(=O)(=O)O)cc1OC. The third-order valence-corrected chi connectivity index (χ3v) is 3.10. The van der Waals surface area contributed by atoms with Gasteiger partial charge in [-0.25, -0.2) is 0 Å². The van der Waals surface area contributed by atoms with Gasteiger partial charge in [0.25, 0.3) is 10.1 Å². The number of aliphatic hydroxyl groups excluding tert-OH is 1. The van der Waals surface area contributed by atoms with Gasteiger partial charge in [0, 0.05) is 11.6 Å². The highest BCUT2D eigenvalue weighted by Gasteiger charge is 2.27. The molecular weight excluding hydrogens is 264 g/mol. The van der Waals surface area contributed by atoms with Gasteiger partial charge in [0.15, 0.2) is 11.5 Å². The fourth-order valence-corrected chi connectivity index (χ4v) is 1.91. The third-order valence-electron chi connectivity index (χ3n) is 2.28. The maximum atomic E-state index is 10.9. The lowest BCUT2D eigenvalue weighted by molar-refractivity contribution is 0.231. The molecule has 0 radical (unpaired) electrons. The van der Waals surface area contributed by atoms with Crippen LogP contribution in [0.25, 0.3) is 0 Å². The smallest absolute Gasteiger partial charge is 0.296 e. The Labute approximate surface area is 105 Å². The van der Waals surface area contributed by atoms with E-state index in [0.29, 0.717) is 5.75 Å². The Morgan fingerprint density at radius 3 is 1.83 bits per heavy atom. The Balaban J connectivity index is 3.43. The maximum absolute atomic E-state index is 10.9. The first kappa shape index (κ1) is 14.6. The number of rotatable bonds is 5. The first-order valence-electron chi connectivity index (χ1n) is 4.79. The van der Waals surface area contributed by atoms with Gasteiger partial charge in [-0.15, -0.1) is 0 Å². The van der Waals surface area contributed by atoms with Gasteiger partial charge in [-0.1, -0.05) is 0 Å². The van der Waals surface area contributed by atoms with Gasteiger partial charge in [-0.2, -0.15) is 8.42 Å².